The zero-order valence-electron chi connectivity index (χ0n) is 12.8. The fourth-order valence-electron chi connectivity index (χ4n) is 1.90. The van der Waals surface area contributed by atoms with Crippen LogP contribution < -0.4 is 5.32 Å². The van der Waals surface area contributed by atoms with E-state index >= 15 is 0 Å². The minimum Gasteiger partial charge on any atom is -0.396 e. The number of halogens is 1. The summed E-state index contributed by atoms with van der Waals surface area (Å²) >= 11 is 1.28. The molecule has 22 heavy (non-hydrogen) atoms. The van der Waals surface area contributed by atoms with Crippen molar-refractivity contribution in [3.05, 3.63) is 40.7 Å². The third-order valence-corrected chi connectivity index (χ3v) is 4.80. The molecule has 0 aliphatic carbocycles. The third-order valence-electron chi connectivity index (χ3n) is 3.59. The summed E-state index contributed by atoms with van der Waals surface area (Å²) in [5, 5.41) is 12.7. The van der Waals surface area contributed by atoms with Gasteiger partial charge in [-0.05, 0) is 44.0 Å². The second-order valence-corrected chi connectivity index (χ2v) is 6.36. The molecule has 2 unspecified atom stereocenters. The molecule has 2 atom stereocenters. The Morgan fingerprint density at radius 1 is 1.36 bits per heavy atom. The number of carbonyl (C=O) groups is 1. The number of nitrogens with one attached hydrogen (secondary N) is 1. The van der Waals surface area contributed by atoms with E-state index in [1.54, 1.807) is 19.1 Å². The molecular formula is C16H19FN2O2S. The standard InChI is InChI=1S/C16H19FN2O2S/c1-9(8-20)10(2)18-15(21)14-11(3)19-16(22-14)12-4-6-13(17)7-5-12/h4-7,9-10,20H,8H2,1-3H3,(H,18,21). The normalized spacial score (nSPS) is 13.7. The summed E-state index contributed by atoms with van der Waals surface area (Å²) in [5.74, 6) is -0.522. The van der Waals surface area contributed by atoms with Crippen LogP contribution in [0.2, 0.25) is 0 Å². The van der Waals surface area contributed by atoms with E-state index in [0.717, 1.165) is 5.56 Å². The summed E-state index contributed by atoms with van der Waals surface area (Å²) in [7, 11) is 0. The Hall–Kier alpha value is -1.79. The van der Waals surface area contributed by atoms with E-state index < -0.39 is 0 Å². The number of rotatable bonds is 5. The van der Waals surface area contributed by atoms with Crippen LogP contribution in [0.1, 0.15) is 29.2 Å². The molecule has 0 aliphatic rings. The van der Waals surface area contributed by atoms with Gasteiger partial charge in [0.05, 0.1) is 5.69 Å². The van der Waals surface area contributed by atoms with Crippen LogP contribution in [-0.4, -0.2) is 28.6 Å². The van der Waals surface area contributed by atoms with Gasteiger partial charge in [0, 0.05) is 18.2 Å². The van der Waals surface area contributed by atoms with Gasteiger partial charge in [-0.3, -0.25) is 4.79 Å². The predicted molar refractivity (Wildman–Crippen MR) is 85.4 cm³/mol. The summed E-state index contributed by atoms with van der Waals surface area (Å²) in [6.07, 6.45) is 0. The number of carbonyl (C=O) groups excluding carboxylic acids is 1. The van der Waals surface area contributed by atoms with E-state index in [9.17, 15) is 9.18 Å². The van der Waals surface area contributed by atoms with Crippen molar-refractivity contribution in [3.8, 4) is 10.6 Å². The van der Waals surface area contributed by atoms with E-state index in [0.29, 0.717) is 15.6 Å². The number of benzene rings is 1. The van der Waals surface area contributed by atoms with Crippen molar-refractivity contribution < 1.29 is 14.3 Å². The van der Waals surface area contributed by atoms with Crippen LogP contribution in [0.15, 0.2) is 24.3 Å². The number of hydrogen-bond acceptors (Lipinski definition) is 4. The largest absolute Gasteiger partial charge is 0.396 e. The van der Waals surface area contributed by atoms with Crippen molar-refractivity contribution in [3.63, 3.8) is 0 Å². The molecule has 0 saturated carbocycles. The lowest BCUT2D eigenvalue weighted by Gasteiger charge is -2.18. The van der Waals surface area contributed by atoms with Crippen LogP contribution in [0.5, 0.6) is 0 Å². The molecule has 2 rings (SSSR count). The monoisotopic (exact) mass is 322 g/mol. The number of aromatic nitrogens is 1. The van der Waals surface area contributed by atoms with Crippen LogP contribution in [-0.2, 0) is 0 Å². The molecule has 0 radical (unpaired) electrons. The first-order valence-corrected chi connectivity index (χ1v) is 7.89. The van der Waals surface area contributed by atoms with Gasteiger partial charge >= 0.3 is 0 Å². The first-order valence-electron chi connectivity index (χ1n) is 7.07. The molecule has 0 fully saturated rings. The van der Waals surface area contributed by atoms with Gasteiger partial charge in [0.2, 0.25) is 0 Å². The molecule has 2 aromatic rings. The minimum atomic E-state index is -0.304. The number of aliphatic hydroxyl groups excluding tert-OH is 1. The molecule has 0 spiro atoms. The SMILES string of the molecule is Cc1nc(-c2ccc(F)cc2)sc1C(=O)NC(C)C(C)CO. The van der Waals surface area contributed by atoms with Crippen molar-refractivity contribution >= 4 is 17.2 Å². The number of amides is 1. The van der Waals surface area contributed by atoms with Crippen LogP contribution in [0.4, 0.5) is 4.39 Å². The van der Waals surface area contributed by atoms with E-state index in [2.05, 4.69) is 10.3 Å². The van der Waals surface area contributed by atoms with Crippen LogP contribution >= 0.6 is 11.3 Å². The Labute approximate surface area is 133 Å². The molecule has 1 heterocycles. The minimum absolute atomic E-state index is 0.0178. The lowest BCUT2D eigenvalue weighted by atomic mass is 10.1. The first-order chi connectivity index (χ1) is 10.4. The molecular weight excluding hydrogens is 303 g/mol. The molecule has 0 saturated heterocycles. The van der Waals surface area contributed by atoms with Gasteiger partial charge in [-0.25, -0.2) is 9.37 Å². The molecule has 1 amide bonds. The Balaban J connectivity index is 2.19. The van der Waals surface area contributed by atoms with Gasteiger partial charge in [-0.1, -0.05) is 6.92 Å². The van der Waals surface area contributed by atoms with Crippen molar-refractivity contribution in [1.82, 2.24) is 10.3 Å². The fourth-order valence-corrected chi connectivity index (χ4v) is 2.87. The highest BCUT2D eigenvalue weighted by atomic mass is 32.1. The molecule has 1 aromatic carbocycles. The smallest absolute Gasteiger partial charge is 0.263 e. The summed E-state index contributed by atoms with van der Waals surface area (Å²) in [4.78, 5) is 17.2. The lowest BCUT2D eigenvalue weighted by Crippen LogP contribution is -2.38. The number of hydrogen-bond donors (Lipinski definition) is 2. The van der Waals surface area contributed by atoms with E-state index in [1.807, 2.05) is 13.8 Å². The second-order valence-electron chi connectivity index (χ2n) is 5.36. The van der Waals surface area contributed by atoms with Crippen molar-refractivity contribution in [2.45, 2.75) is 26.8 Å². The van der Waals surface area contributed by atoms with Gasteiger partial charge < -0.3 is 10.4 Å². The number of thiazole rings is 1. The molecule has 0 bridgehead atoms. The Bertz CT molecular complexity index is 655. The maximum atomic E-state index is 13.0. The Morgan fingerprint density at radius 2 is 2.00 bits per heavy atom. The predicted octanol–water partition coefficient (Wildman–Crippen LogP) is 3.00. The van der Waals surface area contributed by atoms with Crippen molar-refractivity contribution in [2.24, 2.45) is 5.92 Å². The second kappa shape index (κ2) is 6.98. The van der Waals surface area contributed by atoms with Gasteiger partial charge in [0.25, 0.3) is 5.91 Å². The van der Waals surface area contributed by atoms with E-state index in [1.165, 1.54) is 23.5 Å². The fraction of sp³-hybridized carbons (Fsp3) is 0.375. The summed E-state index contributed by atoms with van der Waals surface area (Å²) in [6, 6.07) is 5.90. The molecule has 2 N–H and O–H groups in total. The summed E-state index contributed by atoms with van der Waals surface area (Å²) < 4.78 is 13.0. The van der Waals surface area contributed by atoms with Gasteiger partial charge in [-0.2, -0.15) is 0 Å². The summed E-state index contributed by atoms with van der Waals surface area (Å²) in [5.41, 5.74) is 1.43. The molecule has 0 aliphatic heterocycles. The highest BCUT2D eigenvalue weighted by Crippen LogP contribution is 2.28. The van der Waals surface area contributed by atoms with E-state index in [4.69, 9.17) is 5.11 Å². The van der Waals surface area contributed by atoms with Gasteiger partial charge in [-0.15, -0.1) is 11.3 Å². The summed E-state index contributed by atoms with van der Waals surface area (Å²) in [6.45, 7) is 5.52. The zero-order chi connectivity index (χ0) is 16.3. The molecule has 4 nitrogen and oxygen atoms in total. The van der Waals surface area contributed by atoms with Gasteiger partial charge in [0.1, 0.15) is 15.7 Å². The van der Waals surface area contributed by atoms with Crippen LogP contribution in [0.3, 0.4) is 0 Å². The average Bonchev–Trinajstić information content (AvgIpc) is 2.89. The third kappa shape index (κ3) is 3.69. The quantitative estimate of drug-likeness (QED) is 0.889. The average molecular weight is 322 g/mol. The van der Waals surface area contributed by atoms with Crippen molar-refractivity contribution in [2.75, 3.05) is 6.61 Å². The first kappa shape index (κ1) is 16.6. The Morgan fingerprint density at radius 3 is 2.59 bits per heavy atom. The molecule has 1 aromatic heterocycles. The molecule has 118 valence electrons. The topological polar surface area (TPSA) is 62.2 Å². The van der Waals surface area contributed by atoms with Crippen LogP contribution in [0.25, 0.3) is 10.6 Å². The molecule has 6 heteroatoms. The highest BCUT2D eigenvalue weighted by Gasteiger charge is 2.20. The van der Waals surface area contributed by atoms with E-state index in [-0.39, 0.29) is 30.3 Å². The van der Waals surface area contributed by atoms with Crippen molar-refractivity contribution in [1.29, 1.82) is 0 Å². The zero-order valence-corrected chi connectivity index (χ0v) is 13.6. The number of aryl methyl sites for hydroxylation is 1. The van der Waals surface area contributed by atoms with Crippen LogP contribution in [0, 0.1) is 18.7 Å². The maximum Gasteiger partial charge on any atom is 0.263 e. The van der Waals surface area contributed by atoms with Gasteiger partial charge in [0.15, 0.2) is 0 Å². The Kier molecular flexibility index (Phi) is 5.26. The highest BCUT2D eigenvalue weighted by molar-refractivity contribution is 7.17. The maximum absolute atomic E-state index is 13.0. The lowest BCUT2D eigenvalue weighted by molar-refractivity contribution is 0.0919. The number of aliphatic hydroxyl groups is 1. The number of nitrogens with zero attached hydrogens (tertiary/aromatic N) is 1.